The molecule has 0 atom stereocenters. The Bertz CT molecular complexity index is 914. The Morgan fingerprint density at radius 3 is 2.67 bits per heavy atom. The van der Waals surface area contributed by atoms with Gasteiger partial charge in [-0.1, -0.05) is 30.3 Å². The van der Waals surface area contributed by atoms with E-state index in [9.17, 15) is 4.79 Å². The van der Waals surface area contributed by atoms with Gasteiger partial charge in [-0.25, -0.2) is 9.67 Å². The van der Waals surface area contributed by atoms with Crippen LogP contribution in [0.15, 0.2) is 48.7 Å². The molecule has 0 aliphatic heterocycles. The summed E-state index contributed by atoms with van der Waals surface area (Å²) in [5.74, 6) is -0.124. The lowest BCUT2D eigenvalue weighted by atomic mass is 9.93. The van der Waals surface area contributed by atoms with E-state index in [1.54, 1.807) is 18.0 Å². The minimum atomic E-state index is -0.124. The van der Waals surface area contributed by atoms with Gasteiger partial charge in [0.25, 0.3) is 5.91 Å². The fourth-order valence-corrected chi connectivity index (χ4v) is 3.74. The van der Waals surface area contributed by atoms with Crippen LogP contribution >= 0.6 is 0 Å². The second kappa shape index (κ2) is 7.88. The van der Waals surface area contributed by atoms with E-state index in [4.69, 9.17) is 4.74 Å². The Morgan fingerprint density at radius 2 is 1.93 bits per heavy atom. The fraction of sp³-hybridized carbons (Fsp3) is 0.381. The Hall–Kier alpha value is -2.73. The van der Waals surface area contributed by atoms with E-state index < -0.39 is 0 Å². The first-order valence-electron chi connectivity index (χ1n) is 9.43. The molecule has 0 spiro atoms. The van der Waals surface area contributed by atoms with Crippen molar-refractivity contribution in [3.8, 4) is 0 Å². The summed E-state index contributed by atoms with van der Waals surface area (Å²) in [6.45, 7) is 0.584. The number of methoxy groups -OCH3 is 1. The lowest BCUT2D eigenvalue weighted by molar-refractivity contribution is 0.0598. The number of carbonyl (C=O) groups excluding carboxylic acids is 1. The number of aromatic nitrogens is 3. The first-order chi connectivity index (χ1) is 13.2. The molecule has 0 bridgehead atoms. The summed E-state index contributed by atoms with van der Waals surface area (Å²) in [5.41, 5.74) is 2.30. The average molecular weight is 364 g/mol. The van der Waals surface area contributed by atoms with E-state index in [1.165, 1.54) is 0 Å². The SMILES string of the molecule is COC1CCC(NC(=O)c2nn(Cc3ccccc3)c3ncccc23)CC1. The van der Waals surface area contributed by atoms with Crippen LogP contribution in [0.2, 0.25) is 0 Å². The zero-order valence-electron chi connectivity index (χ0n) is 15.5. The molecule has 2 aromatic heterocycles. The quantitative estimate of drug-likeness (QED) is 0.755. The van der Waals surface area contributed by atoms with Gasteiger partial charge in [-0.15, -0.1) is 0 Å². The van der Waals surface area contributed by atoms with Crippen LogP contribution in [-0.2, 0) is 11.3 Å². The van der Waals surface area contributed by atoms with E-state index in [0.29, 0.717) is 18.3 Å². The highest BCUT2D eigenvalue weighted by Gasteiger charge is 2.25. The van der Waals surface area contributed by atoms with Gasteiger partial charge in [-0.2, -0.15) is 5.10 Å². The number of ether oxygens (including phenoxy) is 1. The van der Waals surface area contributed by atoms with Crippen LogP contribution in [0.4, 0.5) is 0 Å². The summed E-state index contributed by atoms with van der Waals surface area (Å²) in [5, 5.41) is 8.54. The third kappa shape index (κ3) is 3.85. The molecule has 1 fully saturated rings. The van der Waals surface area contributed by atoms with Crippen LogP contribution in [0.5, 0.6) is 0 Å². The van der Waals surface area contributed by atoms with Crippen molar-refractivity contribution in [2.45, 2.75) is 44.4 Å². The smallest absolute Gasteiger partial charge is 0.272 e. The first-order valence-corrected chi connectivity index (χ1v) is 9.43. The number of hydrogen-bond acceptors (Lipinski definition) is 4. The van der Waals surface area contributed by atoms with Crippen LogP contribution in [-0.4, -0.2) is 39.9 Å². The molecule has 0 saturated heterocycles. The Kier molecular flexibility index (Phi) is 5.16. The highest BCUT2D eigenvalue weighted by molar-refractivity contribution is 6.04. The molecule has 1 aliphatic rings. The van der Waals surface area contributed by atoms with Crippen molar-refractivity contribution >= 4 is 16.9 Å². The summed E-state index contributed by atoms with van der Waals surface area (Å²) in [6.07, 6.45) is 5.88. The molecule has 0 unspecified atom stereocenters. The predicted molar refractivity (Wildman–Crippen MR) is 104 cm³/mol. The van der Waals surface area contributed by atoms with Crippen molar-refractivity contribution in [3.05, 3.63) is 59.9 Å². The molecule has 6 nitrogen and oxygen atoms in total. The van der Waals surface area contributed by atoms with Crippen molar-refractivity contribution in [2.75, 3.05) is 7.11 Å². The zero-order valence-corrected chi connectivity index (χ0v) is 15.5. The van der Waals surface area contributed by atoms with E-state index in [2.05, 4.69) is 15.4 Å². The lowest BCUT2D eigenvalue weighted by Crippen LogP contribution is -2.39. The van der Waals surface area contributed by atoms with Crippen LogP contribution in [0.1, 0.15) is 41.7 Å². The number of amides is 1. The number of nitrogens with zero attached hydrogens (tertiary/aromatic N) is 3. The maximum Gasteiger partial charge on any atom is 0.272 e. The maximum atomic E-state index is 12.9. The Morgan fingerprint density at radius 1 is 1.15 bits per heavy atom. The van der Waals surface area contributed by atoms with Gasteiger partial charge in [-0.05, 0) is 43.4 Å². The second-order valence-electron chi connectivity index (χ2n) is 7.05. The monoisotopic (exact) mass is 364 g/mol. The molecule has 4 rings (SSSR count). The molecule has 6 heteroatoms. The van der Waals surface area contributed by atoms with Gasteiger partial charge >= 0.3 is 0 Å². The average Bonchev–Trinajstić information content (AvgIpc) is 3.08. The molecule has 1 aliphatic carbocycles. The molecule has 3 aromatic rings. The first kappa shape index (κ1) is 17.7. The van der Waals surface area contributed by atoms with Gasteiger partial charge in [0, 0.05) is 19.3 Å². The van der Waals surface area contributed by atoms with Gasteiger partial charge in [0.05, 0.1) is 18.0 Å². The molecule has 1 aromatic carbocycles. The summed E-state index contributed by atoms with van der Waals surface area (Å²) >= 11 is 0. The number of fused-ring (bicyclic) bond motifs is 1. The maximum absolute atomic E-state index is 12.9. The number of nitrogens with one attached hydrogen (secondary N) is 1. The Balaban J connectivity index is 1.55. The normalized spacial score (nSPS) is 19.9. The van der Waals surface area contributed by atoms with Crippen molar-refractivity contribution in [1.82, 2.24) is 20.1 Å². The molecular formula is C21H24N4O2. The van der Waals surface area contributed by atoms with Gasteiger partial charge in [0.1, 0.15) is 0 Å². The number of pyridine rings is 1. The molecule has 1 saturated carbocycles. The van der Waals surface area contributed by atoms with Crippen molar-refractivity contribution in [3.63, 3.8) is 0 Å². The van der Waals surface area contributed by atoms with Crippen molar-refractivity contribution in [2.24, 2.45) is 0 Å². The lowest BCUT2D eigenvalue weighted by Gasteiger charge is -2.27. The van der Waals surface area contributed by atoms with Crippen molar-refractivity contribution < 1.29 is 9.53 Å². The van der Waals surface area contributed by atoms with Crippen LogP contribution in [0.25, 0.3) is 11.0 Å². The highest BCUT2D eigenvalue weighted by Crippen LogP contribution is 2.22. The summed E-state index contributed by atoms with van der Waals surface area (Å²) in [6, 6.07) is 14.0. The number of carbonyl (C=O) groups is 1. The standard InChI is InChI=1S/C21H24N4O2/c1-27-17-11-9-16(10-12-17)23-21(26)19-18-8-5-13-22-20(18)25(24-19)14-15-6-3-2-4-7-15/h2-8,13,16-17H,9-12,14H2,1H3,(H,23,26). The number of hydrogen-bond donors (Lipinski definition) is 1. The third-order valence-corrected chi connectivity index (χ3v) is 5.24. The summed E-state index contributed by atoms with van der Waals surface area (Å²) in [7, 11) is 1.75. The van der Waals surface area contributed by atoms with E-state index >= 15 is 0 Å². The van der Waals surface area contributed by atoms with E-state index in [0.717, 1.165) is 42.3 Å². The summed E-state index contributed by atoms with van der Waals surface area (Å²) < 4.78 is 7.22. The molecular weight excluding hydrogens is 340 g/mol. The van der Waals surface area contributed by atoms with Gasteiger partial charge in [0.2, 0.25) is 0 Å². The fourth-order valence-electron chi connectivity index (χ4n) is 3.74. The highest BCUT2D eigenvalue weighted by atomic mass is 16.5. The minimum Gasteiger partial charge on any atom is -0.381 e. The Labute approximate surface area is 158 Å². The second-order valence-corrected chi connectivity index (χ2v) is 7.05. The minimum absolute atomic E-state index is 0.124. The van der Waals surface area contributed by atoms with Crippen LogP contribution in [0, 0.1) is 0 Å². The third-order valence-electron chi connectivity index (χ3n) is 5.24. The van der Waals surface area contributed by atoms with Crippen LogP contribution in [0.3, 0.4) is 0 Å². The molecule has 2 heterocycles. The number of rotatable bonds is 5. The molecule has 1 amide bonds. The zero-order chi connectivity index (χ0) is 18.6. The molecule has 140 valence electrons. The van der Waals surface area contributed by atoms with Gasteiger partial charge in [0.15, 0.2) is 11.3 Å². The topological polar surface area (TPSA) is 69.0 Å². The molecule has 1 N–H and O–H groups in total. The molecule has 0 radical (unpaired) electrons. The number of benzene rings is 1. The molecule has 27 heavy (non-hydrogen) atoms. The van der Waals surface area contributed by atoms with Crippen molar-refractivity contribution in [1.29, 1.82) is 0 Å². The summed E-state index contributed by atoms with van der Waals surface area (Å²) in [4.78, 5) is 17.3. The van der Waals surface area contributed by atoms with E-state index in [-0.39, 0.29) is 11.9 Å². The van der Waals surface area contributed by atoms with Gasteiger partial charge < -0.3 is 10.1 Å². The van der Waals surface area contributed by atoms with Crippen LogP contribution < -0.4 is 5.32 Å². The predicted octanol–water partition coefficient (Wildman–Crippen LogP) is 3.17. The largest absolute Gasteiger partial charge is 0.381 e. The van der Waals surface area contributed by atoms with Gasteiger partial charge in [-0.3, -0.25) is 4.79 Å². The van der Waals surface area contributed by atoms with E-state index in [1.807, 2.05) is 42.5 Å².